The van der Waals surface area contributed by atoms with Crippen LogP contribution in [0.2, 0.25) is 0 Å². The summed E-state index contributed by atoms with van der Waals surface area (Å²) in [6.45, 7) is 1.47. The summed E-state index contributed by atoms with van der Waals surface area (Å²) < 4.78 is 5.54. The van der Waals surface area contributed by atoms with E-state index in [-0.39, 0.29) is 73.5 Å². The van der Waals surface area contributed by atoms with Crippen molar-refractivity contribution in [2.24, 2.45) is 11.7 Å². The molecule has 3 rings (SSSR count). The van der Waals surface area contributed by atoms with Crippen molar-refractivity contribution in [2.75, 3.05) is 0 Å². The van der Waals surface area contributed by atoms with Gasteiger partial charge in [0.05, 0.1) is 18.0 Å². The smallest absolute Gasteiger partial charge is 0.543 e. The monoisotopic (exact) mass is 388 g/mol. The Labute approximate surface area is 189 Å². The minimum atomic E-state index is -1.55. The molecule has 126 valence electrons. The number of nitrogens with two attached hydrogens (primary N) is 1. The van der Waals surface area contributed by atoms with Crippen molar-refractivity contribution in [2.45, 2.75) is 18.4 Å². The molecule has 0 aromatic heterocycles. The van der Waals surface area contributed by atoms with Crippen LogP contribution in [0.25, 0.3) is 0 Å². The van der Waals surface area contributed by atoms with Crippen molar-refractivity contribution in [1.82, 2.24) is 4.90 Å². The summed E-state index contributed by atoms with van der Waals surface area (Å²) in [4.78, 5) is 35.7. The number of nitrogens with zero attached hydrogens (tertiary/aromatic N) is 1. The second-order valence-electron chi connectivity index (χ2n) is 5.40. The van der Waals surface area contributed by atoms with Crippen LogP contribution < -0.4 is 67.0 Å². The number of carbonyl (C=O) groups is 3. The molecule has 0 aliphatic carbocycles. The number of β-lactam (4-membered cyclic amide) rings is 1. The fraction of sp³-hybridized carbons (Fsp3) is 0.267. The van der Waals surface area contributed by atoms with E-state index in [1.165, 1.54) is 31.2 Å². The first kappa shape index (κ1) is 20.4. The number of ether oxygens (including phenoxy) is 1. The Morgan fingerprint density at radius 2 is 2.12 bits per heavy atom. The second kappa shape index (κ2) is 7.78. The standard InChI is InChI=1S/C15H14N2O6S.K/c1-6(18)9-12(20)17-10(14(21)22)15(24-13(9)17)23-8-4-2-3-7(5-8)11(16)19;/h2-6,9,13,18H,1H3,(H2,16,19)(H,21,22);/q;+1/p-1/t6-,9+,13-;/m1./s1. The second-order valence-corrected chi connectivity index (χ2v) is 6.49. The van der Waals surface area contributed by atoms with Gasteiger partial charge in [0.15, 0.2) is 5.09 Å². The number of primary amides is 1. The van der Waals surface area contributed by atoms with E-state index in [4.69, 9.17) is 10.5 Å². The zero-order valence-corrected chi connectivity index (χ0v) is 17.4. The van der Waals surface area contributed by atoms with Gasteiger partial charge < -0.3 is 25.5 Å². The fourth-order valence-electron chi connectivity index (χ4n) is 2.63. The number of aliphatic hydroxyl groups excluding tert-OH is 1. The van der Waals surface area contributed by atoms with Gasteiger partial charge in [-0.1, -0.05) is 17.8 Å². The zero-order valence-electron chi connectivity index (χ0n) is 13.5. The van der Waals surface area contributed by atoms with Crippen molar-refractivity contribution in [1.29, 1.82) is 0 Å². The van der Waals surface area contributed by atoms with Gasteiger partial charge in [-0.2, -0.15) is 0 Å². The molecule has 2 aliphatic heterocycles. The Morgan fingerprint density at radius 3 is 2.68 bits per heavy atom. The molecule has 3 N–H and O–H groups in total. The predicted molar refractivity (Wildman–Crippen MR) is 81.0 cm³/mol. The molecule has 2 aliphatic rings. The van der Waals surface area contributed by atoms with Crippen molar-refractivity contribution >= 4 is 29.5 Å². The van der Waals surface area contributed by atoms with E-state index in [9.17, 15) is 24.6 Å². The van der Waals surface area contributed by atoms with Gasteiger partial charge in [-0.25, -0.2) is 0 Å². The van der Waals surface area contributed by atoms with Gasteiger partial charge in [-0.05, 0) is 25.1 Å². The van der Waals surface area contributed by atoms with E-state index in [2.05, 4.69) is 0 Å². The van der Waals surface area contributed by atoms with Gasteiger partial charge in [0, 0.05) is 5.56 Å². The summed E-state index contributed by atoms with van der Waals surface area (Å²) in [5.74, 6) is -3.20. The number of benzene rings is 1. The molecule has 3 atom stereocenters. The van der Waals surface area contributed by atoms with Crippen molar-refractivity contribution < 1.29 is 80.7 Å². The summed E-state index contributed by atoms with van der Waals surface area (Å²) in [5.41, 5.74) is 5.02. The van der Waals surface area contributed by atoms with E-state index < -0.39 is 35.2 Å². The molecule has 0 bridgehead atoms. The number of thioether (sulfide) groups is 1. The van der Waals surface area contributed by atoms with Crippen LogP contribution >= 0.6 is 11.8 Å². The molecule has 1 aromatic carbocycles. The average molecular weight is 388 g/mol. The Balaban J connectivity index is 0.00000225. The van der Waals surface area contributed by atoms with Crippen LogP contribution in [-0.4, -0.2) is 39.3 Å². The Kier molecular flexibility index (Phi) is 6.36. The van der Waals surface area contributed by atoms with Gasteiger partial charge in [0.25, 0.3) is 0 Å². The van der Waals surface area contributed by atoms with Crippen LogP contribution in [-0.2, 0) is 9.59 Å². The third-order valence-electron chi connectivity index (χ3n) is 3.79. The number of carboxylic acids is 1. The van der Waals surface area contributed by atoms with Gasteiger partial charge >= 0.3 is 51.4 Å². The van der Waals surface area contributed by atoms with E-state index in [0.717, 1.165) is 16.7 Å². The van der Waals surface area contributed by atoms with Crippen LogP contribution in [0.4, 0.5) is 0 Å². The van der Waals surface area contributed by atoms with E-state index in [1.54, 1.807) is 0 Å². The molecule has 0 spiro atoms. The van der Waals surface area contributed by atoms with Gasteiger partial charge in [-0.15, -0.1) is 0 Å². The zero-order chi connectivity index (χ0) is 17.6. The molecule has 1 aromatic rings. The molecule has 2 amide bonds. The summed E-state index contributed by atoms with van der Waals surface area (Å²) in [6, 6.07) is 5.92. The van der Waals surface area contributed by atoms with Gasteiger partial charge in [-0.3, -0.25) is 14.5 Å². The molecule has 1 saturated heterocycles. The molecule has 10 heteroatoms. The van der Waals surface area contributed by atoms with Crippen molar-refractivity contribution in [3.05, 3.63) is 40.6 Å². The first-order valence-corrected chi connectivity index (χ1v) is 7.90. The number of hydrogen-bond donors (Lipinski definition) is 2. The minimum absolute atomic E-state index is 0. The maximum Gasteiger partial charge on any atom is 1.00 e. The van der Waals surface area contributed by atoms with Crippen molar-refractivity contribution in [3.63, 3.8) is 0 Å². The van der Waals surface area contributed by atoms with Crippen LogP contribution in [0.15, 0.2) is 35.1 Å². The quantitative estimate of drug-likeness (QED) is 0.388. The molecular weight excluding hydrogens is 375 g/mol. The first-order valence-electron chi connectivity index (χ1n) is 7.02. The minimum Gasteiger partial charge on any atom is -0.543 e. The molecule has 2 heterocycles. The molecule has 25 heavy (non-hydrogen) atoms. The maximum absolute atomic E-state index is 12.1. The van der Waals surface area contributed by atoms with E-state index in [1.807, 2.05) is 0 Å². The maximum atomic E-state index is 12.1. The third-order valence-corrected chi connectivity index (χ3v) is 5.02. The van der Waals surface area contributed by atoms with E-state index >= 15 is 0 Å². The number of aliphatic hydroxyl groups is 1. The number of rotatable bonds is 5. The van der Waals surface area contributed by atoms with E-state index in [0.29, 0.717) is 0 Å². The summed E-state index contributed by atoms with van der Waals surface area (Å²) >= 11 is 1.01. The molecule has 1 fully saturated rings. The molecular formula is C15H13KN2O6S. The summed E-state index contributed by atoms with van der Waals surface area (Å²) in [5, 5.41) is 20.5. The Bertz CT molecular complexity index is 781. The normalized spacial score (nSPS) is 22.6. The van der Waals surface area contributed by atoms with Crippen LogP contribution in [0.3, 0.4) is 0 Å². The van der Waals surface area contributed by atoms with Crippen LogP contribution in [0, 0.1) is 5.92 Å². The SMILES string of the molecule is C[C@@H](O)[C@H]1C(=O)N2C(C(=O)[O-])=C(Oc3cccc(C(N)=O)c3)S[C@H]12.[K+]. The van der Waals surface area contributed by atoms with Gasteiger partial charge in [0.1, 0.15) is 16.8 Å². The first-order chi connectivity index (χ1) is 11.3. The molecule has 0 saturated carbocycles. The van der Waals surface area contributed by atoms with Crippen LogP contribution in [0.1, 0.15) is 17.3 Å². The number of hydrogen-bond acceptors (Lipinski definition) is 7. The molecule has 8 nitrogen and oxygen atoms in total. The number of carbonyl (C=O) groups excluding carboxylic acids is 3. The summed E-state index contributed by atoms with van der Waals surface area (Å²) in [7, 11) is 0. The van der Waals surface area contributed by atoms with Crippen molar-refractivity contribution in [3.8, 4) is 5.75 Å². The Morgan fingerprint density at radius 1 is 1.44 bits per heavy atom. The largest absolute Gasteiger partial charge is 1.00 e. The number of aliphatic carboxylic acids is 1. The topological polar surface area (TPSA) is 133 Å². The summed E-state index contributed by atoms with van der Waals surface area (Å²) in [6.07, 6.45) is -0.910. The molecule has 0 radical (unpaired) electrons. The molecule has 0 unspecified atom stereocenters. The van der Waals surface area contributed by atoms with Gasteiger partial charge in [0.2, 0.25) is 11.8 Å². The third kappa shape index (κ3) is 3.65. The number of fused-ring (bicyclic) bond motifs is 1. The fourth-order valence-corrected chi connectivity index (χ4v) is 4.09. The number of carboxylic acid groups (broad SMARTS) is 1. The Hall–Kier alpha value is -0.884. The average Bonchev–Trinajstić information content (AvgIpc) is 2.81. The predicted octanol–water partition coefficient (Wildman–Crippen LogP) is -4.00. The van der Waals surface area contributed by atoms with Crippen LogP contribution in [0.5, 0.6) is 5.75 Å². The number of amides is 2.